The highest BCUT2D eigenvalue weighted by Crippen LogP contribution is 2.38. The summed E-state index contributed by atoms with van der Waals surface area (Å²) in [4.78, 5) is 25.2. The first-order valence-electron chi connectivity index (χ1n) is 11.3. The summed E-state index contributed by atoms with van der Waals surface area (Å²) < 4.78 is 11.3. The monoisotopic (exact) mass is 456 g/mol. The molecule has 170 valence electrons. The average Bonchev–Trinajstić information content (AvgIpc) is 3.02. The van der Waals surface area contributed by atoms with E-state index in [0.29, 0.717) is 41.0 Å². The molecule has 2 amide bonds. The van der Waals surface area contributed by atoms with Crippen LogP contribution in [0.3, 0.4) is 0 Å². The molecule has 0 atom stereocenters. The zero-order valence-electron chi connectivity index (χ0n) is 18.3. The summed E-state index contributed by atoms with van der Waals surface area (Å²) >= 11 is 6.33. The number of halogens is 1. The Kier molecular flexibility index (Phi) is 7.20. The Balaban J connectivity index is 1.38. The SMILES string of the molecule is Cc1cc(C(=O)NC2CCCCC2)ccc1NC(=O)Cc1cc(Cl)c2c(c1)OCCCO2. The molecule has 2 aliphatic rings. The van der Waals surface area contributed by atoms with Crippen LogP contribution in [-0.2, 0) is 11.2 Å². The van der Waals surface area contributed by atoms with Crippen LogP contribution >= 0.6 is 11.6 Å². The third-order valence-corrected chi connectivity index (χ3v) is 6.21. The molecule has 2 aromatic carbocycles. The largest absolute Gasteiger partial charge is 0.489 e. The molecular formula is C25H29ClN2O4. The van der Waals surface area contributed by atoms with E-state index in [4.69, 9.17) is 21.1 Å². The molecule has 7 heteroatoms. The molecule has 4 rings (SSSR count). The van der Waals surface area contributed by atoms with Crippen molar-refractivity contribution in [1.29, 1.82) is 0 Å². The number of ether oxygens (including phenoxy) is 2. The highest BCUT2D eigenvalue weighted by atomic mass is 35.5. The van der Waals surface area contributed by atoms with Crippen LogP contribution in [0.25, 0.3) is 0 Å². The van der Waals surface area contributed by atoms with E-state index in [-0.39, 0.29) is 24.3 Å². The van der Waals surface area contributed by atoms with Gasteiger partial charge in [0, 0.05) is 23.7 Å². The van der Waals surface area contributed by atoms with E-state index in [1.807, 2.05) is 13.0 Å². The standard InChI is InChI=1S/C25H29ClN2O4/c1-16-12-18(25(30)27-19-6-3-2-4-7-19)8-9-21(16)28-23(29)15-17-13-20(26)24-22(14-17)31-10-5-11-32-24/h8-9,12-14,19H,2-7,10-11,15H2,1H3,(H,27,30)(H,28,29). The van der Waals surface area contributed by atoms with Gasteiger partial charge in [-0.1, -0.05) is 30.9 Å². The minimum absolute atomic E-state index is 0.0558. The minimum Gasteiger partial charge on any atom is -0.489 e. The van der Waals surface area contributed by atoms with Crippen LogP contribution in [0.4, 0.5) is 5.69 Å². The smallest absolute Gasteiger partial charge is 0.251 e. The molecule has 1 saturated carbocycles. The fourth-order valence-corrected chi connectivity index (χ4v) is 4.51. The van der Waals surface area contributed by atoms with Crippen molar-refractivity contribution in [2.75, 3.05) is 18.5 Å². The van der Waals surface area contributed by atoms with Gasteiger partial charge in [0.1, 0.15) is 0 Å². The van der Waals surface area contributed by atoms with Crippen LogP contribution in [0.15, 0.2) is 30.3 Å². The van der Waals surface area contributed by atoms with Gasteiger partial charge >= 0.3 is 0 Å². The molecule has 2 N–H and O–H groups in total. The summed E-state index contributed by atoms with van der Waals surface area (Å²) in [5, 5.41) is 6.50. The minimum atomic E-state index is -0.168. The number of carbonyl (C=O) groups is 2. The highest BCUT2D eigenvalue weighted by Gasteiger charge is 2.19. The molecule has 1 aliphatic carbocycles. The van der Waals surface area contributed by atoms with Crippen LogP contribution in [0.1, 0.15) is 60.0 Å². The first-order chi connectivity index (χ1) is 15.5. The first-order valence-corrected chi connectivity index (χ1v) is 11.7. The molecule has 0 radical (unpaired) electrons. The summed E-state index contributed by atoms with van der Waals surface area (Å²) in [5.74, 6) is 0.881. The lowest BCUT2D eigenvalue weighted by Crippen LogP contribution is -2.36. The Labute approximate surface area is 193 Å². The fourth-order valence-electron chi connectivity index (χ4n) is 4.23. The quantitative estimate of drug-likeness (QED) is 0.659. The molecule has 0 saturated heterocycles. The zero-order valence-corrected chi connectivity index (χ0v) is 19.1. The second-order valence-corrected chi connectivity index (χ2v) is 8.93. The van der Waals surface area contributed by atoms with Crippen molar-refractivity contribution in [2.24, 2.45) is 0 Å². The maximum absolute atomic E-state index is 12.7. The summed E-state index contributed by atoms with van der Waals surface area (Å²) in [7, 11) is 0. The van der Waals surface area contributed by atoms with Crippen molar-refractivity contribution >= 4 is 29.1 Å². The van der Waals surface area contributed by atoms with E-state index in [9.17, 15) is 9.59 Å². The van der Waals surface area contributed by atoms with Crippen LogP contribution in [0, 0.1) is 6.92 Å². The Bertz CT molecular complexity index is 1000. The van der Waals surface area contributed by atoms with Crippen LogP contribution < -0.4 is 20.1 Å². The highest BCUT2D eigenvalue weighted by molar-refractivity contribution is 6.32. The van der Waals surface area contributed by atoms with Crippen molar-refractivity contribution in [1.82, 2.24) is 5.32 Å². The number of anilines is 1. The normalized spacial score (nSPS) is 16.2. The van der Waals surface area contributed by atoms with Gasteiger partial charge in [-0.05, 0) is 61.2 Å². The number of amides is 2. The molecule has 0 spiro atoms. The van der Waals surface area contributed by atoms with Crippen LogP contribution in [0.2, 0.25) is 5.02 Å². The Hall–Kier alpha value is -2.73. The van der Waals surface area contributed by atoms with Crippen molar-refractivity contribution in [3.63, 3.8) is 0 Å². The Morgan fingerprint density at radius 1 is 1.03 bits per heavy atom. The van der Waals surface area contributed by atoms with E-state index in [2.05, 4.69) is 10.6 Å². The lowest BCUT2D eigenvalue weighted by molar-refractivity contribution is -0.115. The number of rotatable bonds is 5. The number of hydrogen-bond acceptors (Lipinski definition) is 4. The van der Waals surface area contributed by atoms with Crippen molar-refractivity contribution in [2.45, 2.75) is 57.9 Å². The van der Waals surface area contributed by atoms with E-state index >= 15 is 0 Å². The number of fused-ring (bicyclic) bond motifs is 1. The van der Waals surface area contributed by atoms with Crippen molar-refractivity contribution in [3.8, 4) is 11.5 Å². The molecule has 0 aromatic heterocycles. The van der Waals surface area contributed by atoms with Gasteiger partial charge in [0.05, 0.1) is 24.7 Å². The van der Waals surface area contributed by atoms with E-state index in [1.54, 1.807) is 24.3 Å². The number of aryl methyl sites for hydroxylation is 1. The average molecular weight is 457 g/mol. The van der Waals surface area contributed by atoms with Gasteiger partial charge in [-0.3, -0.25) is 9.59 Å². The molecule has 0 bridgehead atoms. The second-order valence-electron chi connectivity index (χ2n) is 8.52. The molecule has 1 fully saturated rings. The Morgan fingerprint density at radius 2 is 1.81 bits per heavy atom. The van der Waals surface area contributed by atoms with Gasteiger partial charge < -0.3 is 20.1 Å². The van der Waals surface area contributed by atoms with Gasteiger partial charge in [0.15, 0.2) is 11.5 Å². The summed E-state index contributed by atoms with van der Waals surface area (Å²) in [6, 6.07) is 9.16. The van der Waals surface area contributed by atoms with Gasteiger partial charge in [-0.25, -0.2) is 0 Å². The maximum Gasteiger partial charge on any atom is 0.251 e. The number of hydrogen-bond donors (Lipinski definition) is 2. The molecule has 6 nitrogen and oxygen atoms in total. The maximum atomic E-state index is 12.7. The number of nitrogens with one attached hydrogen (secondary N) is 2. The van der Waals surface area contributed by atoms with Gasteiger partial charge in [-0.15, -0.1) is 0 Å². The molecule has 2 aromatic rings. The predicted octanol–water partition coefficient (Wildman–Crippen LogP) is 5.05. The molecular weight excluding hydrogens is 428 g/mol. The summed E-state index contributed by atoms with van der Waals surface area (Å²) in [5.41, 5.74) is 2.88. The van der Waals surface area contributed by atoms with E-state index in [1.165, 1.54) is 19.3 Å². The second kappa shape index (κ2) is 10.3. The molecule has 32 heavy (non-hydrogen) atoms. The molecule has 1 heterocycles. The van der Waals surface area contributed by atoms with Gasteiger partial charge in [0.25, 0.3) is 5.91 Å². The lowest BCUT2D eigenvalue weighted by Gasteiger charge is -2.23. The van der Waals surface area contributed by atoms with Gasteiger partial charge in [-0.2, -0.15) is 0 Å². The third kappa shape index (κ3) is 5.54. The number of carbonyl (C=O) groups excluding carboxylic acids is 2. The van der Waals surface area contributed by atoms with Crippen LogP contribution in [-0.4, -0.2) is 31.1 Å². The number of benzene rings is 2. The fraction of sp³-hybridized carbons (Fsp3) is 0.440. The van der Waals surface area contributed by atoms with Crippen molar-refractivity contribution in [3.05, 3.63) is 52.0 Å². The predicted molar refractivity (Wildman–Crippen MR) is 125 cm³/mol. The lowest BCUT2D eigenvalue weighted by atomic mass is 9.95. The third-order valence-electron chi connectivity index (χ3n) is 5.93. The van der Waals surface area contributed by atoms with E-state index < -0.39 is 0 Å². The van der Waals surface area contributed by atoms with Crippen molar-refractivity contribution < 1.29 is 19.1 Å². The van der Waals surface area contributed by atoms with E-state index in [0.717, 1.165) is 30.4 Å². The summed E-state index contributed by atoms with van der Waals surface area (Å²) in [6.45, 7) is 3.00. The van der Waals surface area contributed by atoms with Gasteiger partial charge in [0.2, 0.25) is 5.91 Å². The molecule has 1 aliphatic heterocycles. The Morgan fingerprint density at radius 3 is 2.59 bits per heavy atom. The van der Waals surface area contributed by atoms with Crippen LogP contribution in [0.5, 0.6) is 11.5 Å². The topological polar surface area (TPSA) is 76.7 Å². The summed E-state index contributed by atoms with van der Waals surface area (Å²) in [6.07, 6.45) is 6.62. The zero-order chi connectivity index (χ0) is 22.5. The first kappa shape index (κ1) is 22.5. The molecule has 0 unspecified atom stereocenters.